The molecule has 50 heavy (non-hydrogen) atoms. The Morgan fingerprint density at radius 1 is 0.960 bits per heavy atom. The van der Waals surface area contributed by atoms with E-state index in [1.165, 1.54) is 19.2 Å². The zero-order valence-electron chi connectivity index (χ0n) is 28.0. The number of nitrogens with zero attached hydrogens (tertiary/aromatic N) is 7. The molecule has 2 aliphatic rings. The highest BCUT2D eigenvalue weighted by Crippen LogP contribution is 2.35. The number of piperazine rings is 1. The molecular weight excluding hydrogens is 637 g/mol. The van der Waals surface area contributed by atoms with Gasteiger partial charge in [0.05, 0.1) is 23.5 Å². The molecule has 2 saturated heterocycles. The molecule has 7 rings (SSSR count). The number of aromatic nitrogens is 4. The van der Waals surface area contributed by atoms with Crippen molar-refractivity contribution in [2.45, 2.75) is 13.3 Å². The summed E-state index contributed by atoms with van der Waals surface area (Å²) in [6.45, 7) is 5.57. The average molecular weight is 676 g/mol. The number of nitrogens with one attached hydrogen (secondary N) is 2. The first kappa shape index (κ1) is 32.8. The Labute approximate surface area is 288 Å². The number of rotatable bonds is 9. The average Bonchev–Trinajstić information content (AvgIpc) is 3.78. The molecule has 1 unspecified atom stereocenters. The third-order valence-electron chi connectivity index (χ3n) is 9.69. The van der Waals surface area contributed by atoms with E-state index in [0.717, 1.165) is 40.8 Å². The van der Waals surface area contributed by atoms with Gasteiger partial charge in [-0.15, -0.1) is 0 Å². The number of aromatic amines is 1. The van der Waals surface area contributed by atoms with Gasteiger partial charge in [0.25, 0.3) is 0 Å². The summed E-state index contributed by atoms with van der Waals surface area (Å²) in [7, 11) is 1.46. The number of hydrogen-bond acceptors (Lipinski definition) is 9. The molecule has 2 aromatic heterocycles. The summed E-state index contributed by atoms with van der Waals surface area (Å²) < 4.78 is 13.5. The molecule has 12 nitrogen and oxygen atoms in total. The molecule has 1 atom stereocenters. The fourth-order valence-electron chi connectivity index (χ4n) is 6.84. The van der Waals surface area contributed by atoms with Crippen LogP contribution in [0.1, 0.15) is 13.3 Å². The Hall–Kier alpha value is -5.69. The number of likely N-dealkylation sites (tertiary alicyclic amines) is 1. The van der Waals surface area contributed by atoms with Crippen LogP contribution < -0.4 is 10.2 Å². The summed E-state index contributed by atoms with van der Waals surface area (Å²) in [5.41, 5.74) is 4.40. The summed E-state index contributed by atoms with van der Waals surface area (Å²) in [6, 6.07) is 21.6. The number of oxime groups is 1. The number of H-pyrrole nitrogens is 1. The van der Waals surface area contributed by atoms with Gasteiger partial charge >= 0.3 is 0 Å². The van der Waals surface area contributed by atoms with Gasteiger partial charge in [-0.3, -0.25) is 19.6 Å². The monoisotopic (exact) mass is 675 g/mol. The lowest BCUT2D eigenvalue weighted by molar-refractivity contribution is -0.133. The van der Waals surface area contributed by atoms with Crippen LogP contribution in [0.5, 0.6) is 0 Å². The van der Waals surface area contributed by atoms with Crippen molar-refractivity contribution in [3.63, 3.8) is 0 Å². The topological polar surface area (TPSA) is 132 Å². The third-order valence-corrected chi connectivity index (χ3v) is 9.69. The first-order chi connectivity index (χ1) is 24.3. The number of amides is 2. The highest BCUT2D eigenvalue weighted by molar-refractivity contribution is 6.13. The minimum Gasteiger partial charge on any atom is -0.399 e. The van der Waals surface area contributed by atoms with Gasteiger partial charge in [0, 0.05) is 79.6 Å². The lowest BCUT2D eigenvalue weighted by Gasteiger charge is -2.37. The van der Waals surface area contributed by atoms with Crippen molar-refractivity contribution in [3.05, 3.63) is 91.0 Å². The fraction of sp³-hybridized carbons (Fsp3) is 0.297. The molecule has 2 amide bonds. The Morgan fingerprint density at radius 3 is 2.40 bits per heavy atom. The number of halogens is 1. The summed E-state index contributed by atoms with van der Waals surface area (Å²) in [6.07, 6.45) is 3.94. The maximum Gasteiger partial charge on any atom is 0.237 e. The molecule has 13 heteroatoms. The Morgan fingerprint density at radius 2 is 1.68 bits per heavy atom. The second-order valence-corrected chi connectivity index (χ2v) is 12.7. The molecule has 2 N–H and O–H groups in total. The van der Waals surface area contributed by atoms with Crippen LogP contribution in [0.15, 0.2) is 90.3 Å². The van der Waals surface area contributed by atoms with Crippen LogP contribution in [0.2, 0.25) is 0 Å². The molecule has 3 aromatic carbocycles. The van der Waals surface area contributed by atoms with E-state index >= 15 is 0 Å². The van der Waals surface area contributed by atoms with Crippen molar-refractivity contribution in [2.75, 3.05) is 63.1 Å². The zero-order chi connectivity index (χ0) is 34.7. The minimum absolute atomic E-state index is 0.0393. The van der Waals surface area contributed by atoms with Gasteiger partial charge in [-0.25, -0.2) is 14.4 Å². The van der Waals surface area contributed by atoms with Crippen LogP contribution in [0, 0.1) is 11.2 Å². The summed E-state index contributed by atoms with van der Waals surface area (Å²) in [4.78, 5) is 47.5. The maximum absolute atomic E-state index is 14.1. The van der Waals surface area contributed by atoms with Gasteiger partial charge in [-0.1, -0.05) is 5.16 Å². The number of anilines is 2. The maximum atomic E-state index is 14.1. The molecule has 0 saturated carbocycles. The van der Waals surface area contributed by atoms with Crippen molar-refractivity contribution in [2.24, 2.45) is 10.6 Å². The first-order valence-electron chi connectivity index (χ1n) is 16.6. The SMILES string of the molecule is CO/N=C(\C)C1(C(=O)Nc2ccc3[nH]nc(-c4ccc(F)cc4)c3c2)CCN(CC(=O)N2CCN(c3ccc(-c4ncccn4)cc3)CC2)C1. The highest BCUT2D eigenvalue weighted by atomic mass is 19.1. The van der Waals surface area contributed by atoms with E-state index in [-0.39, 0.29) is 24.2 Å². The number of fused-ring (bicyclic) bond motifs is 1. The van der Waals surface area contributed by atoms with E-state index in [0.29, 0.717) is 55.5 Å². The number of carbonyl (C=O) groups excluding carboxylic acids is 2. The summed E-state index contributed by atoms with van der Waals surface area (Å²) >= 11 is 0. The standard InChI is InChI=1S/C37H38FN9O3/c1-25(44-50-2)37(36(49)41-29-10-13-32-31(22-29)34(43-42-32)26-4-8-28(38)9-5-26)14-17-45(24-37)23-33(48)47-20-18-46(19-21-47)30-11-6-27(7-12-30)35-39-15-3-16-40-35/h3-13,15-16,22H,14,17-21,23-24H2,1-2H3,(H,41,49)(H,42,43)/b44-25+. The van der Waals surface area contributed by atoms with Gasteiger partial charge in [0.2, 0.25) is 11.8 Å². The molecule has 4 heterocycles. The van der Waals surface area contributed by atoms with Crippen molar-refractivity contribution >= 4 is 39.8 Å². The van der Waals surface area contributed by atoms with Gasteiger partial charge in [-0.05, 0) is 86.1 Å². The first-order valence-corrected chi connectivity index (χ1v) is 16.6. The predicted octanol–water partition coefficient (Wildman–Crippen LogP) is 4.83. The van der Waals surface area contributed by atoms with E-state index in [2.05, 4.69) is 47.7 Å². The summed E-state index contributed by atoms with van der Waals surface area (Å²) in [5, 5.41) is 15.5. The quantitative estimate of drug-likeness (QED) is 0.168. The smallest absolute Gasteiger partial charge is 0.237 e. The van der Waals surface area contributed by atoms with E-state index in [9.17, 15) is 14.0 Å². The van der Waals surface area contributed by atoms with Gasteiger partial charge < -0.3 is 20.0 Å². The van der Waals surface area contributed by atoms with Gasteiger partial charge in [0.1, 0.15) is 18.3 Å². The molecular formula is C37H38FN9O3. The normalized spacial score (nSPS) is 18.4. The van der Waals surface area contributed by atoms with Gasteiger partial charge in [-0.2, -0.15) is 5.10 Å². The van der Waals surface area contributed by atoms with E-state index in [4.69, 9.17) is 4.84 Å². The molecule has 0 spiro atoms. The molecule has 256 valence electrons. The van der Waals surface area contributed by atoms with Crippen molar-refractivity contribution in [1.29, 1.82) is 0 Å². The van der Waals surface area contributed by atoms with Crippen LogP contribution in [-0.4, -0.2) is 100 Å². The molecule has 2 aliphatic heterocycles. The number of benzene rings is 3. The molecule has 5 aromatic rings. The lowest BCUT2D eigenvalue weighted by Crippen LogP contribution is -2.51. The fourth-order valence-corrected chi connectivity index (χ4v) is 6.84. The van der Waals surface area contributed by atoms with Gasteiger partial charge in [0.15, 0.2) is 5.82 Å². The van der Waals surface area contributed by atoms with Crippen LogP contribution >= 0.6 is 0 Å². The predicted molar refractivity (Wildman–Crippen MR) is 190 cm³/mol. The second-order valence-electron chi connectivity index (χ2n) is 12.7. The third kappa shape index (κ3) is 6.64. The highest BCUT2D eigenvalue weighted by Gasteiger charge is 2.48. The molecule has 0 aliphatic carbocycles. The second kappa shape index (κ2) is 14.0. The zero-order valence-corrected chi connectivity index (χ0v) is 28.0. The summed E-state index contributed by atoms with van der Waals surface area (Å²) in [5.74, 6) is 0.176. The van der Waals surface area contributed by atoms with E-state index < -0.39 is 5.41 Å². The van der Waals surface area contributed by atoms with E-state index in [1.54, 1.807) is 37.5 Å². The number of carbonyl (C=O) groups is 2. The number of hydrogen-bond donors (Lipinski definition) is 2. The Kier molecular flexibility index (Phi) is 9.22. The molecule has 2 fully saturated rings. The van der Waals surface area contributed by atoms with Crippen molar-refractivity contribution in [3.8, 4) is 22.6 Å². The molecule has 0 bridgehead atoms. The molecule has 0 radical (unpaired) electrons. The largest absolute Gasteiger partial charge is 0.399 e. The van der Waals surface area contributed by atoms with Crippen molar-refractivity contribution < 1.29 is 18.8 Å². The van der Waals surface area contributed by atoms with Crippen LogP contribution in [0.4, 0.5) is 15.8 Å². The van der Waals surface area contributed by atoms with Crippen LogP contribution in [0.3, 0.4) is 0 Å². The Balaban J connectivity index is 0.989. The van der Waals surface area contributed by atoms with Crippen LogP contribution in [0.25, 0.3) is 33.5 Å². The van der Waals surface area contributed by atoms with E-state index in [1.807, 2.05) is 40.1 Å². The lowest BCUT2D eigenvalue weighted by atomic mass is 9.81. The van der Waals surface area contributed by atoms with Crippen LogP contribution in [-0.2, 0) is 14.4 Å². The van der Waals surface area contributed by atoms with Crippen molar-refractivity contribution in [1.82, 2.24) is 30.0 Å². The Bertz CT molecular complexity index is 2010. The minimum atomic E-state index is -0.989.